The van der Waals surface area contributed by atoms with Gasteiger partial charge in [0.15, 0.2) is 16.3 Å². The number of aliphatic hydroxyl groups excluding tert-OH is 1. The fraction of sp³-hybridized carbons (Fsp3) is 0.278. The van der Waals surface area contributed by atoms with Gasteiger partial charge in [-0.3, -0.25) is 14.3 Å². The smallest absolute Gasteiger partial charge is 0.329 e. The number of thioether (sulfide) groups is 1. The summed E-state index contributed by atoms with van der Waals surface area (Å²) in [6.07, 6.45) is 0.842. The summed E-state index contributed by atoms with van der Waals surface area (Å²) in [6, 6.07) is 9.15. The second kappa shape index (κ2) is 8.28. The van der Waals surface area contributed by atoms with Crippen molar-refractivity contribution in [1.29, 1.82) is 0 Å². The Kier molecular flexibility index (Phi) is 5.82. The normalized spacial score (nSPS) is 12.2. The van der Waals surface area contributed by atoms with E-state index in [4.69, 9.17) is 4.74 Å². The van der Waals surface area contributed by atoms with E-state index in [1.807, 2.05) is 18.2 Å². The zero-order valence-electron chi connectivity index (χ0n) is 14.8. The number of ether oxygens (including phenoxy) is 1. The minimum atomic E-state index is -0.873. The molecule has 0 radical (unpaired) electrons. The summed E-state index contributed by atoms with van der Waals surface area (Å²) in [5.74, 6) is 1.22. The molecular weight excluding hydrogens is 368 g/mol. The van der Waals surface area contributed by atoms with Gasteiger partial charge in [-0.1, -0.05) is 36.0 Å². The van der Waals surface area contributed by atoms with Crippen molar-refractivity contribution >= 4 is 22.9 Å². The zero-order valence-corrected chi connectivity index (χ0v) is 15.6. The Labute approximate surface area is 159 Å². The van der Waals surface area contributed by atoms with E-state index in [1.165, 1.54) is 23.4 Å². The first-order valence-electron chi connectivity index (χ1n) is 8.30. The third kappa shape index (κ3) is 4.15. The largest absolute Gasteiger partial charge is 0.491 e. The highest BCUT2D eigenvalue weighted by molar-refractivity contribution is 7.99. The lowest BCUT2D eigenvalue weighted by Gasteiger charge is -2.15. The van der Waals surface area contributed by atoms with Gasteiger partial charge in [-0.15, -0.1) is 6.58 Å². The van der Waals surface area contributed by atoms with Crippen molar-refractivity contribution in [2.75, 3.05) is 12.4 Å². The molecule has 2 N–H and O–H groups in total. The second-order valence-electron chi connectivity index (χ2n) is 5.87. The second-order valence-corrected chi connectivity index (χ2v) is 6.86. The molecule has 1 unspecified atom stereocenters. The van der Waals surface area contributed by atoms with Gasteiger partial charge < -0.3 is 14.4 Å². The molecule has 8 nitrogen and oxygen atoms in total. The number of aliphatic hydroxyl groups is 1. The van der Waals surface area contributed by atoms with Crippen molar-refractivity contribution in [3.8, 4) is 5.75 Å². The molecule has 1 atom stereocenters. The number of hydrogen-bond acceptors (Lipinski definition) is 6. The molecule has 3 rings (SSSR count). The van der Waals surface area contributed by atoms with E-state index in [-0.39, 0.29) is 24.3 Å². The number of aryl methyl sites for hydroxylation is 1. The van der Waals surface area contributed by atoms with Gasteiger partial charge in [0.2, 0.25) is 0 Å². The fourth-order valence-corrected chi connectivity index (χ4v) is 3.34. The molecule has 0 fully saturated rings. The number of H-pyrrole nitrogens is 1. The van der Waals surface area contributed by atoms with E-state index in [2.05, 4.69) is 16.5 Å². The Morgan fingerprint density at radius 2 is 2.11 bits per heavy atom. The molecule has 0 saturated heterocycles. The quantitative estimate of drug-likeness (QED) is 0.443. The van der Waals surface area contributed by atoms with Crippen molar-refractivity contribution in [2.45, 2.75) is 17.8 Å². The molecule has 0 aliphatic heterocycles. The number of aromatic nitrogens is 4. The van der Waals surface area contributed by atoms with Crippen LogP contribution >= 0.6 is 11.8 Å². The van der Waals surface area contributed by atoms with Gasteiger partial charge in [0, 0.05) is 12.8 Å². The molecule has 2 aromatic heterocycles. The summed E-state index contributed by atoms with van der Waals surface area (Å²) < 4.78 is 8.46. The highest BCUT2D eigenvalue weighted by atomic mass is 32.2. The maximum Gasteiger partial charge on any atom is 0.329 e. The molecule has 3 aromatic rings. The molecule has 0 aliphatic carbocycles. The van der Waals surface area contributed by atoms with Crippen LogP contribution < -0.4 is 16.0 Å². The number of nitrogens with zero attached hydrogens (tertiary/aromatic N) is 3. The van der Waals surface area contributed by atoms with Crippen LogP contribution in [0.4, 0.5) is 0 Å². The lowest BCUT2D eigenvalue weighted by Crippen LogP contribution is -2.30. The van der Waals surface area contributed by atoms with Gasteiger partial charge in [0.1, 0.15) is 18.5 Å². The van der Waals surface area contributed by atoms with Crippen LogP contribution in [-0.4, -0.2) is 42.7 Å². The molecule has 27 heavy (non-hydrogen) atoms. The molecule has 2 heterocycles. The van der Waals surface area contributed by atoms with Gasteiger partial charge in [-0.05, 0) is 12.1 Å². The molecular formula is C18H20N4O4S. The maximum absolute atomic E-state index is 12.3. The van der Waals surface area contributed by atoms with Gasteiger partial charge >= 0.3 is 5.69 Å². The highest BCUT2D eigenvalue weighted by Crippen LogP contribution is 2.22. The number of hydrogen-bond donors (Lipinski definition) is 2. The first-order valence-corrected chi connectivity index (χ1v) is 9.29. The predicted octanol–water partition coefficient (Wildman–Crippen LogP) is 1.14. The molecule has 142 valence electrons. The number of para-hydroxylation sites is 1. The average Bonchev–Trinajstić information content (AvgIpc) is 3.02. The van der Waals surface area contributed by atoms with Crippen molar-refractivity contribution in [3.05, 3.63) is 63.8 Å². The van der Waals surface area contributed by atoms with E-state index >= 15 is 0 Å². The molecule has 0 aliphatic rings. The van der Waals surface area contributed by atoms with Gasteiger partial charge in [0.05, 0.1) is 6.54 Å². The van der Waals surface area contributed by atoms with Crippen LogP contribution in [0.15, 0.2) is 57.7 Å². The van der Waals surface area contributed by atoms with E-state index in [0.717, 1.165) is 0 Å². The van der Waals surface area contributed by atoms with E-state index in [0.29, 0.717) is 16.7 Å². The summed E-state index contributed by atoms with van der Waals surface area (Å²) >= 11 is 1.37. The Bertz CT molecular complexity index is 1050. The van der Waals surface area contributed by atoms with Gasteiger partial charge in [-0.25, -0.2) is 9.78 Å². The van der Waals surface area contributed by atoms with Crippen molar-refractivity contribution < 1.29 is 9.84 Å². The minimum Gasteiger partial charge on any atom is -0.491 e. The van der Waals surface area contributed by atoms with Crippen molar-refractivity contribution in [1.82, 2.24) is 19.1 Å². The Balaban J connectivity index is 1.91. The van der Waals surface area contributed by atoms with Crippen molar-refractivity contribution in [2.24, 2.45) is 7.05 Å². The van der Waals surface area contributed by atoms with E-state index in [1.54, 1.807) is 22.8 Å². The van der Waals surface area contributed by atoms with Crippen LogP contribution in [0.25, 0.3) is 11.2 Å². The highest BCUT2D eigenvalue weighted by Gasteiger charge is 2.20. The summed E-state index contributed by atoms with van der Waals surface area (Å²) in [4.78, 5) is 30.9. The topological polar surface area (TPSA) is 102 Å². The minimum absolute atomic E-state index is 0.0545. The Morgan fingerprint density at radius 1 is 1.37 bits per heavy atom. The molecule has 0 saturated carbocycles. The van der Waals surface area contributed by atoms with Gasteiger partial charge in [0.25, 0.3) is 5.56 Å². The summed E-state index contributed by atoms with van der Waals surface area (Å²) in [7, 11) is 1.54. The number of nitrogens with one attached hydrogen (secondary N) is 1. The van der Waals surface area contributed by atoms with Crippen LogP contribution in [0.1, 0.15) is 0 Å². The molecule has 0 spiro atoms. The first-order chi connectivity index (χ1) is 13.0. The SMILES string of the molecule is C=CCSc1nc2c(c(=O)[nH]c(=O)n2C)n1CC(O)COc1ccccc1. The molecule has 1 aromatic carbocycles. The van der Waals surface area contributed by atoms with Crippen molar-refractivity contribution in [3.63, 3.8) is 0 Å². The van der Waals surface area contributed by atoms with Crippen LogP contribution in [0, 0.1) is 0 Å². The predicted molar refractivity (Wildman–Crippen MR) is 104 cm³/mol. The van der Waals surface area contributed by atoms with Crippen LogP contribution in [0.2, 0.25) is 0 Å². The maximum atomic E-state index is 12.3. The number of benzene rings is 1. The van der Waals surface area contributed by atoms with Crippen LogP contribution in [0.5, 0.6) is 5.75 Å². The number of aromatic amines is 1. The van der Waals surface area contributed by atoms with E-state index < -0.39 is 17.4 Å². The summed E-state index contributed by atoms with van der Waals surface area (Å²) in [5.41, 5.74) is -0.568. The summed E-state index contributed by atoms with van der Waals surface area (Å²) in [5, 5.41) is 10.9. The Hall–Kier alpha value is -2.78. The fourth-order valence-electron chi connectivity index (χ4n) is 2.60. The third-order valence-electron chi connectivity index (χ3n) is 3.88. The number of imidazole rings is 1. The zero-order chi connectivity index (χ0) is 19.4. The van der Waals surface area contributed by atoms with Crippen LogP contribution in [0.3, 0.4) is 0 Å². The number of rotatable bonds is 8. The number of fused-ring (bicyclic) bond motifs is 1. The lowest BCUT2D eigenvalue weighted by molar-refractivity contribution is 0.0914. The third-order valence-corrected chi connectivity index (χ3v) is 4.85. The monoisotopic (exact) mass is 388 g/mol. The first kappa shape index (κ1) is 19.0. The van der Waals surface area contributed by atoms with Gasteiger partial charge in [-0.2, -0.15) is 0 Å². The summed E-state index contributed by atoms with van der Waals surface area (Å²) in [6.45, 7) is 3.84. The lowest BCUT2D eigenvalue weighted by atomic mass is 10.3. The molecule has 9 heteroatoms. The Morgan fingerprint density at radius 3 is 2.81 bits per heavy atom. The average molecular weight is 388 g/mol. The molecule has 0 bridgehead atoms. The van der Waals surface area contributed by atoms with E-state index in [9.17, 15) is 14.7 Å². The molecule has 0 amide bonds. The van der Waals surface area contributed by atoms with Crippen LogP contribution in [-0.2, 0) is 13.6 Å². The standard InChI is InChI=1S/C18H20N4O4S/c1-3-9-27-18-19-15-14(16(24)20-17(25)21(15)2)22(18)10-12(23)11-26-13-7-5-4-6-8-13/h3-8,12,23H,1,9-11H2,2H3,(H,20,24,25).